The summed E-state index contributed by atoms with van der Waals surface area (Å²) in [5, 5.41) is 13.3. The summed E-state index contributed by atoms with van der Waals surface area (Å²) >= 11 is 1.35. The van der Waals surface area contributed by atoms with E-state index < -0.39 is 24.4 Å². The van der Waals surface area contributed by atoms with E-state index in [4.69, 9.17) is 0 Å². The van der Waals surface area contributed by atoms with Crippen molar-refractivity contribution in [3.05, 3.63) is 42.1 Å². The Morgan fingerprint density at radius 1 is 1.21 bits per heavy atom. The minimum Gasteiger partial charge on any atom is -0.356 e. The molecule has 12 heteroatoms. The largest absolute Gasteiger partial charge is 0.389 e. The number of rotatable bonds is 8. The van der Waals surface area contributed by atoms with E-state index >= 15 is 0 Å². The van der Waals surface area contributed by atoms with Crippen molar-refractivity contribution in [2.45, 2.75) is 42.9 Å². The average molecular weight is 498 g/mol. The second-order valence-electron chi connectivity index (χ2n) is 8.13. The normalized spacial score (nSPS) is 14.4. The summed E-state index contributed by atoms with van der Waals surface area (Å²) in [6.07, 6.45) is -4.43. The van der Waals surface area contributed by atoms with Crippen molar-refractivity contribution in [1.29, 1.82) is 0 Å². The van der Waals surface area contributed by atoms with Crippen molar-refractivity contribution in [3.8, 4) is 0 Å². The van der Waals surface area contributed by atoms with Crippen LogP contribution in [0.5, 0.6) is 0 Å². The molecule has 2 aromatic heterocycles. The molecule has 1 saturated heterocycles. The number of hydrogen-bond donors (Lipinski definition) is 3. The maximum absolute atomic E-state index is 12.5. The molecule has 1 aliphatic heterocycles. The first-order chi connectivity index (χ1) is 16.1. The fraction of sp³-hybridized carbons (Fsp3) is 0.364. The fourth-order valence-electron chi connectivity index (χ4n) is 3.26. The second-order valence-corrected chi connectivity index (χ2v) is 9.17. The molecular weight excluding hydrogens is 467 g/mol. The third-order valence-corrected chi connectivity index (χ3v) is 6.02. The highest BCUT2D eigenvalue weighted by Crippen LogP contribution is 2.31. The van der Waals surface area contributed by atoms with E-state index in [2.05, 4.69) is 35.7 Å². The number of halogens is 3. The second kappa shape index (κ2) is 9.92. The molecule has 1 unspecified atom stereocenters. The van der Waals surface area contributed by atoms with Crippen LogP contribution < -0.4 is 15.5 Å². The number of aromatic amines is 1. The lowest BCUT2D eigenvalue weighted by Crippen LogP contribution is -2.37. The van der Waals surface area contributed by atoms with Crippen molar-refractivity contribution in [1.82, 2.24) is 20.2 Å². The van der Waals surface area contributed by atoms with Gasteiger partial charge in [-0.1, -0.05) is 6.92 Å². The van der Waals surface area contributed by atoms with Crippen LogP contribution in [0.25, 0.3) is 0 Å². The van der Waals surface area contributed by atoms with Gasteiger partial charge in [-0.05, 0) is 49.4 Å². The number of alkyl halides is 3. The van der Waals surface area contributed by atoms with Crippen LogP contribution in [-0.4, -0.2) is 45.3 Å². The molecule has 1 aliphatic rings. The van der Waals surface area contributed by atoms with Gasteiger partial charge in [-0.2, -0.15) is 18.3 Å². The fourth-order valence-corrected chi connectivity index (χ4v) is 4.03. The summed E-state index contributed by atoms with van der Waals surface area (Å²) in [4.78, 5) is 24.3. The van der Waals surface area contributed by atoms with Gasteiger partial charge in [0, 0.05) is 51.7 Å². The van der Waals surface area contributed by atoms with Crippen molar-refractivity contribution < 1.29 is 22.2 Å². The molecule has 1 fully saturated rings. The molecule has 4 rings (SSSR count). The van der Waals surface area contributed by atoms with Gasteiger partial charge in [0.05, 0.1) is 6.42 Å². The van der Waals surface area contributed by atoms with Gasteiger partial charge in [0.15, 0.2) is 11.0 Å². The van der Waals surface area contributed by atoms with E-state index in [1.165, 1.54) is 18.7 Å². The van der Waals surface area contributed by atoms with Gasteiger partial charge in [-0.25, -0.2) is 9.97 Å². The Morgan fingerprint density at radius 2 is 1.94 bits per heavy atom. The summed E-state index contributed by atoms with van der Waals surface area (Å²) < 4.78 is 37.5. The van der Waals surface area contributed by atoms with Crippen LogP contribution >= 0.6 is 11.8 Å². The first-order valence-electron chi connectivity index (χ1n) is 10.7. The first-order valence-corrected chi connectivity index (χ1v) is 11.5. The summed E-state index contributed by atoms with van der Waals surface area (Å²) in [6.45, 7) is 5.03. The SMILES string of the molecule is Cc1cc(Nc2cc(N3CCC3)nc(Sc3ccc(NC(=O)C(C)CC(F)(F)F)cc3)n2)n[nH]1.[HH].[HH].[HH]. The Labute approximate surface area is 203 Å². The molecule has 186 valence electrons. The van der Waals surface area contributed by atoms with E-state index in [9.17, 15) is 18.0 Å². The van der Waals surface area contributed by atoms with E-state index in [0.717, 1.165) is 35.9 Å². The summed E-state index contributed by atoms with van der Waals surface area (Å²) in [5.74, 6) is 0.250. The number of H-pyrrole nitrogens is 1. The molecule has 8 nitrogen and oxygen atoms in total. The van der Waals surface area contributed by atoms with E-state index in [1.807, 2.05) is 19.1 Å². The molecule has 3 heterocycles. The van der Waals surface area contributed by atoms with Crippen LogP contribution in [0.1, 0.15) is 29.7 Å². The third kappa shape index (κ3) is 6.40. The Hall–Kier alpha value is -3.28. The van der Waals surface area contributed by atoms with Crippen molar-refractivity contribution in [2.24, 2.45) is 5.92 Å². The maximum atomic E-state index is 12.5. The number of anilines is 4. The maximum Gasteiger partial charge on any atom is 0.389 e. The molecule has 3 aromatic rings. The van der Waals surface area contributed by atoms with Crippen LogP contribution in [0.2, 0.25) is 0 Å². The lowest BCUT2D eigenvalue weighted by Gasteiger charge is -2.32. The minimum absolute atomic E-state index is 0. The molecule has 34 heavy (non-hydrogen) atoms. The molecule has 3 N–H and O–H groups in total. The molecular formula is C22H30F3N7OS. The number of carbonyl (C=O) groups is 1. The monoisotopic (exact) mass is 497 g/mol. The lowest BCUT2D eigenvalue weighted by atomic mass is 10.1. The number of nitrogens with one attached hydrogen (secondary N) is 3. The predicted octanol–water partition coefficient (Wildman–Crippen LogP) is 5.88. The number of amides is 1. The van der Waals surface area contributed by atoms with Gasteiger partial charge in [0.25, 0.3) is 0 Å². The molecule has 1 atom stereocenters. The number of nitrogens with zero attached hydrogens (tertiary/aromatic N) is 4. The quantitative estimate of drug-likeness (QED) is 0.334. The Bertz CT molecular complexity index is 1160. The first kappa shape index (κ1) is 23.9. The summed E-state index contributed by atoms with van der Waals surface area (Å²) in [6, 6.07) is 10.6. The standard InChI is InChI=1S/C22H24F3N7OS.3H2/c1-13(12-22(23,24)25)20(33)26-15-4-6-16(7-5-15)34-21-28-17(27-18-10-14(2)30-31-18)11-19(29-21)32-8-3-9-32;;;/h4-7,10-11,13H,3,8-9,12H2,1-2H3,(H,26,33)(H2,27,28,29,30,31);3*1H. The molecule has 1 amide bonds. The Kier molecular flexibility index (Phi) is 6.96. The zero-order valence-electron chi connectivity index (χ0n) is 18.6. The van der Waals surface area contributed by atoms with Crippen LogP contribution in [0.3, 0.4) is 0 Å². The molecule has 0 radical (unpaired) electrons. The van der Waals surface area contributed by atoms with Crippen molar-refractivity contribution in [2.75, 3.05) is 28.6 Å². The molecule has 0 bridgehead atoms. The highest BCUT2D eigenvalue weighted by atomic mass is 32.2. The number of hydrogen-bond acceptors (Lipinski definition) is 7. The minimum atomic E-state index is -4.38. The van der Waals surface area contributed by atoms with Crippen LogP contribution in [0, 0.1) is 12.8 Å². The van der Waals surface area contributed by atoms with Gasteiger partial charge in [-0.3, -0.25) is 9.89 Å². The van der Waals surface area contributed by atoms with E-state index in [0.29, 0.717) is 22.5 Å². The topological polar surface area (TPSA) is 98.8 Å². The molecule has 1 aromatic carbocycles. The number of carbonyl (C=O) groups excluding carboxylic acids is 1. The number of aromatic nitrogens is 4. The Balaban J connectivity index is 0.00000228. The van der Waals surface area contributed by atoms with Gasteiger partial charge >= 0.3 is 6.18 Å². The van der Waals surface area contributed by atoms with Crippen molar-refractivity contribution in [3.63, 3.8) is 0 Å². The smallest absolute Gasteiger partial charge is 0.356 e. The zero-order chi connectivity index (χ0) is 24.3. The highest BCUT2D eigenvalue weighted by molar-refractivity contribution is 7.99. The summed E-state index contributed by atoms with van der Waals surface area (Å²) in [7, 11) is 0. The number of benzene rings is 1. The molecule has 0 saturated carbocycles. The van der Waals surface area contributed by atoms with Gasteiger partial charge in [0.1, 0.15) is 11.6 Å². The molecule has 0 spiro atoms. The van der Waals surface area contributed by atoms with Gasteiger partial charge in [0.2, 0.25) is 5.91 Å². The van der Waals surface area contributed by atoms with Gasteiger partial charge in [-0.15, -0.1) is 0 Å². The summed E-state index contributed by atoms with van der Waals surface area (Å²) in [5.41, 5.74) is 1.35. The predicted molar refractivity (Wildman–Crippen MR) is 131 cm³/mol. The third-order valence-electron chi connectivity index (χ3n) is 5.15. The molecule has 0 aliphatic carbocycles. The van der Waals surface area contributed by atoms with Crippen LogP contribution in [0.4, 0.5) is 36.3 Å². The lowest BCUT2D eigenvalue weighted by molar-refractivity contribution is -0.150. The van der Waals surface area contributed by atoms with E-state index in [-0.39, 0.29) is 4.28 Å². The van der Waals surface area contributed by atoms with Crippen LogP contribution in [-0.2, 0) is 4.79 Å². The van der Waals surface area contributed by atoms with Crippen molar-refractivity contribution >= 4 is 40.8 Å². The van der Waals surface area contributed by atoms with Crippen LogP contribution in [0.15, 0.2) is 46.5 Å². The Morgan fingerprint density at radius 3 is 2.53 bits per heavy atom. The number of aryl methyl sites for hydroxylation is 1. The zero-order valence-corrected chi connectivity index (χ0v) is 19.4. The highest BCUT2D eigenvalue weighted by Gasteiger charge is 2.32. The average Bonchev–Trinajstić information content (AvgIpc) is 3.11. The van der Waals surface area contributed by atoms with Gasteiger partial charge < -0.3 is 15.5 Å². The van der Waals surface area contributed by atoms with E-state index in [1.54, 1.807) is 24.3 Å².